The molecule has 0 spiro atoms. The highest BCUT2D eigenvalue weighted by Gasteiger charge is 2.41. The molecule has 0 amide bonds. The summed E-state index contributed by atoms with van der Waals surface area (Å²) in [4.78, 5) is 21.6. The summed E-state index contributed by atoms with van der Waals surface area (Å²) in [5, 5.41) is 7.29. The molecule has 1 saturated heterocycles. The molecule has 2 unspecified atom stereocenters. The van der Waals surface area contributed by atoms with Gasteiger partial charge in [0.05, 0.1) is 24.5 Å². The first-order valence-corrected chi connectivity index (χ1v) is 16.8. The second kappa shape index (κ2) is 13.4. The lowest BCUT2D eigenvalue weighted by molar-refractivity contribution is 0.255. The van der Waals surface area contributed by atoms with Crippen molar-refractivity contribution in [2.45, 2.75) is 23.4 Å². The van der Waals surface area contributed by atoms with E-state index in [0.717, 1.165) is 23.5 Å². The van der Waals surface area contributed by atoms with Gasteiger partial charge in [0.25, 0.3) is 10.0 Å². The first-order chi connectivity index (χ1) is 21.9. The molecule has 45 heavy (non-hydrogen) atoms. The molecule has 236 valence electrons. The van der Waals surface area contributed by atoms with Gasteiger partial charge in [0.1, 0.15) is 18.3 Å². The molecule has 1 fully saturated rings. The minimum Gasteiger partial charge on any atom is -0.493 e. The average Bonchev–Trinajstić information content (AvgIpc) is 3.42. The molecule has 3 N–H and O–H groups in total. The van der Waals surface area contributed by atoms with E-state index in [1.807, 2.05) is 12.1 Å². The number of hydrogen-bond acceptors (Lipinski definition) is 11. The normalized spacial score (nSPS) is 18.8. The molecule has 16 heteroatoms. The maximum atomic E-state index is 12.7. The van der Waals surface area contributed by atoms with Gasteiger partial charge in [-0.3, -0.25) is 0 Å². The number of rotatable bonds is 9. The molecule has 3 aromatic rings. The van der Waals surface area contributed by atoms with E-state index in [1.54, 1.807) is 31.6 Å². The standard InChI is InChI=1S/C29H32ClN9O4S2/c1-42-23-17-22-21(16-24(23)43-15-2-8-30)25-26(36-22)33-18-34-27(25)38-11-13-39(14-12-38)29(44)35-19-4-6-20(7-5-19)45(40,41)37-28-31-9-3-10-32-28/h3-7,9-10,16-18,25-26,36H,2,8,11-15H2,1H3,(H,35,44)(H,31,32,37). The Labute approximate surface area is 271 Å². The summed E-state index contributed by atoms with van der Waals surface area (Å²) in [6.45, 7) is 3.30. The van der Waals surface area contributed by atoms with Crippen LogP contribution in [0.4, 0.5) is 17.3 Å². The summed E-state index contributed by atoms with van der Waals surface area (Å²) in [6, 6.07) is 11.9. The van der Waals surface area contributed by atoms with Crippen molar-refractivity contribution < 1.29 is 17.9 Å². The van der Waals surface area contributed by atoms with Crippen LogP contribution in [0.25, 0.3) is 0 Å². The van der Waals surface area contributed by atoms with E-state index in [0.29, 0.717) is 61.0 Å². The van der Waals surface area contributed by atoms with Gasteiger partial charge in [-0.1, -0.05) is 0 Å². The fourth-order valence-electron chi connectivity index (χ4n) is 5.40. The van der Waals surface area contributed by atoms with Gasteiger partial charge in [-0.05, 0) is 60.6 Å². The minimum atomic E-state index is -3.83. The molecular formula is C29H32ClN9O4S2. The predicted octanol–water partition coefficient (Wildman–Crippen LogP) is 3.58. The molecule has 6 rings (SSSR count). The summed E-state index contributed by atoms with van der Waals surface area (Å²) in [6.07, 6.45) is 5.12. The Balaban J connectivity index is 1.07. The fraction of sp³-hybridized carbons (Fsp3) is 0.345. The van der Waals surface area contributed by atoms with Gasteiger partial charge in [0.2, 0.25) is 5.95 Å². The number of aromatic nitrogens is 2. The number of alkyl halides is 1. The van der Waals surface area contributed by atoms with Crippen LogP contribution in [0.2, 0.25) is 0 Å². The van der Waals surface area contributed by atoms with E-state index in [-0.39, 0.29) is 22.9 Å². The quantitative estimate of drug-likeness (QED) is 0.175. The number of sulfonamides is 1. The van der Waals surface area contributed by atoms with Crippen LogP contribution in [-0.2, 0) is 10.0 Å². The number of benzene rings is 2. The third-order valence-electron chi connectivity index (χ3n) is 7.62. The molecule has 3 aliphatic heterocycles. The number of nitrogens with zero attached hydrogens (tertiary/aromatic N) is 6. The van der Waals surface area contributed by atoms with E-state index in [4.69, 9.17) is 38.3 Å². The number of halogens is 1. The monoisotopic (exact) mass is 669 g/mol. The summed E-state index contributed by atoms with van der Waals surface area (Å²) in [7, 11) is -2.20. The first kappa shape index (κ1) is 30.8. The van der Waals surface area contributed by atoms with E-state index in [2.05, 4.69) is 40.1 Å². The zero-order valence-electron chi connectivity index (χ0n) is 24.4. The van der Waals surface area contributed by atoms with Crippen molar-refractivity contribution in [2.24, 2.45) is 9.98 Å². The van der Waals surface area contributed by atoms with Crippen LogP contribution >= 0.6 is 23.8 Å². The maximum absolute atomic E-state index is 12.7. The van der Waals surface area contributed by atoms with Gasteiger partial charge in [-0.2, -0.15) is 0 Å². The molecule has 0 bridgehead atoms. The van der Waals surface area contributed by atoms with Gasteiger partial charge in [-0.15, -0.1) is 11.6 Å². The third kappa shape index (κ3) is 6.74. The molecule has 3 aliphatic rings. The Morgan fingerprint density at radius 2 is 1.87 bits per heavy atom. The predicted molar refractivity (Wildman–Crippen MR) is 179 cm³/mol. The summed E-state index contributed by atoms with van der Waals surface area (Å²) in [5.74, 6) is 2.74. The van der Waals surface area contributed by atoms with Crippen LogP contribution in [0.5, 0.6) is 11.5 Å². The topological polar surface area (TPSA) is 146 Å². The molecule has 0 radical (unpaired) electrons. The van der Waals surface area contributed by atoms with Gasteiger partial charge in [0, 0.05) is 61.9 Å². The molecule has 0 aliphatic carbocycles. The van der Waals surface area contributed by atoms with Crippen LogP contribution in [-0.4, -0.2) is 97.4 Å². The highest BCUT2D eigenvalue weighted by atomic mass is 35.5. The zero-order valence-corrected chi connectivity index (χ0v) is 26.8. The number of aliphatic imine (C=N–C) groups is 2. The Hall–Kier alpha value is -4.21. The van der Waals surface area contributed by atoms with Crippen molar-refractivity contribution in [1.29, 1.82) is 0 Å². The van der Waals surface area contributed by atoms with Crippen molar-refractivity contribution in [2.75, 3.05) is 61.1 Å². The minimum absolute atomic E-state index is 0.00696. The highest BCUT2D eigenvalue weighted by Crippen LogP contribution is 2.45. The lowest BCUT2D eigenvalue weighted by Gasteiger charge is -2.40. The lowest BCUT2D eigenvalue weighted by Crippen LogP contribution is -2.53. The van der Waals surface area contributed by atoms with E-state index in [9.17, 15) is 8.42 Å². The van der Waals surface area contributed by atoms with E-state index >= 15 is 0 Å². The molecule has 0 saturated carbocycles. The smallest absolute Gasteiger partial charge is 0.264 e. The van der Waals surface area contributed by atoms with Crippen LogP contribution < -0.4 is 24.8 Å². The van der Waals surface area contributed by atoms with Crippen molar-refractivity contribution in [3.8, 4) is 11.5 Å². The van der Waals surface area contributed by atoms with Crippen LogP contribution in [0, 0.1) is 0 Å². The van der Waals surface area contributed by atoms with Crippen molar-refractivity contribution in [3.05, 3.63) is 60.4 Å². The fourth-order valence-corrected chi connectivity index (χ4v) is 6.76. The SMILES string of the molecule is COc1cc2c(cc1OCCCCl)C1C(N3CCN(C(=S)Nc4ccc(S(=O)(=O)Nc5ncccn5)cc4)CC3)=NC=NC1N2. The lowest BCUT2D eigenvalue weighted by atomic mass is 9.95. The number of fused-ring (bicyclic) bond motifs is 3. The largest absolute Gasteiger partial charge is 0.493 e. The number of amidine groups is 1. The van der Waals surface area contributed by atoms with Crippen molar-refractivity contribution in [1.82, 2.24) is 19.8 Å². The number of hydrogen-bond donors (Lipinski definition) is 3. The molecule has 1 aromatic heterocycles. The van der Waals surface area contributed by atoms with Crippen LogP contribution in [0.3, 0.4) is 0 Å². The van der Waals surface area contributed by atoms with E-state index in [1.165, 1.54) is 24.5 Å². The van der Waals surface area contributed by atoms with Gasteiger partial charge in [0.15, 0.2) is 16.6 Å². The Bertz CT molecular complexity index is 1700. The zero-order chi connectivity index (χ0) is 31.4. The van der Waals surface area contributed by atoms with Crippen LogP contribution in [0.1, 0.15) is 17.9 Å². The molecule has 2 aromatic carbocycles. The molecule has 13 nitrogen and oxygen atoms in total. The molecule has 2 atom stereocenters. The average molecular weight is 670 g/mol. The Kier molecular flexibility index (Phi) is 9.19. The summed E-state index contributed by atoms with van der Waals surface area (Å²) < 4.78 is 39.3. The first-order valence-electron chi connectivity index (χ1n) is 14.3. The molecule has 4 heterocycles. The number of anilines is 3. The Morgan fingerprint density at radius 1 is 1.11 bits per heavy atom. The highest BCUT2D eigenvalue weighted by molar-refractivity contribution is 7.92. The second-order valence-electron chi connectivity index (χ2n) is 10.4. The van der Waals surface area contributed by atoms with E-state index < -0.39 is 10.0 Å². The molecular weight excluding hydrogens is 638 g/mol. The number of piperazine rings is 1. The number of thiocarbonyl (C=S) groups is 1. The van der Waals surface area contributed by atoms with Gasteiger partial charge in [-0.25, -0.2) is 33.1 Å². The maximum Gasteiger partial charge on any atom is 0.264 e. The number of nitrogens with one attached hydrogen (secondary N) is 3. The number of methoxy groups -OCH3 is 1. The number of ether oxygens (including phenoxy) is 2. The Morgan fingerprint density at radius 3 is 2.58 bits per heavy atom. The second-order valence-corrected chi connectivity index (χ2v) is 12.9. The van der Waals surface area contributed by atoms with Gasteiger partial charge < -0.3 is 29.9 Å². The third-order valence-corrected chi connectivity index (χ3v) is 9.59. The van der Waals surface area contributed by atoms with Gasteiger partial charge >= 0.3 is 0 Å². The summed E-state index contributed by atoms with van der Waals surface area (Å²) in [5.41, 5.74) is 2.69. The van der Waals surface area contributed by atoms with Crippen molar-refractivity contribution >= 4 is 68.5 Å². The van der Waals surface area contributed by atoms with Crippen molar-refractivity contribution in [3.63, 3.8) is 0 Å². The van der Waals surface area contributed by atoms with Crippen LogP contribution in [0.15, 0.2) is 69.7 Å². The summed E-state index contributed by atoms with van der Waals surface area (Å²) >= 11 is 11.6.